The van der Waals surface area contributed by atoms with Gasteiger partial charge >= 0.3 is 0 Å². The molecule has 3 aliphatic rings. The Morgan fingerprint density at radius 3 is 2.80 bits per heavy atom. The van der Waals surface area contributed by atoms with Crippen LogP contribution in [0.1, 0.15) is 39.0 Å². The van der Waals surface area contributed by atoms with Crippen LogP contribution in [0.3, 0.4) is 0 Å². The van der Waals surface area contributed by atoms with E-state index in [-0.39, 0.29) is 12.6 Å². The lowest BCUT2D eigenvalue weighted by Gasteiger charge is -2.33. The van der Waals surface area contributed by atoms with Crippen molar-refractivity contribution in [2.45, 2.75) is 51.1 Å². The molecular formula is C13H23NO. The molecule has 0 unspecified atom stereocenters. The molecule has 3 rings (SSSR count). The van der Waals surface area contributed by atoms with Crippen molar-refractivity contribution in [1.29, 1.82) is 0 Å². The first-order valence-electron chi connectivity index (χ1n) is 6.66. The molecule has 2 bridgehead atoms. The fraction of sp³-hybridized carbons (Fsp3) is 1.00. The van der Waals surface area contributed by atoms with Crippen LogP contribution in [0.2, 0.25) is 0 Å². The summed E-state index contributed by atoms with van der Waals surface area (Å²) in [4.78, 5) is 0. The molecule has 0 aromatic heterocycles. The second-order valence-corrected chi connectivity index (χ2v) is 6.01. The normalized spacial score (nSPS) is 49.6. The molecule has 0 spiro atoms. The van der Waals surface area contributed by atoms with Gasteiger partial charge in [0.25, 0.3) is 0 Å². The van der Waals surface area contributed by atoms with Crippen molar-refractivity contribution in [2.24, 2.45) is 23.7 Å². The molecule has 0 radical (unpaired) electrons. The predicted molar refractivity (Wildman–Crippen MR) is 60.5 cm³/mol. The summed E-state index contributed by atoms with van der Waals surface area (Å²) in [6, 6.07) is 1.01. The molecule has 0 aliphatic heterocycles. The van der Waals surface area contributed by atoms with E-state index in [0.717, 1.165) is 29.7 Å². The number of hydrogen-bond donors (Lipinski definition) is 2. The van der Waals surface area contributed by atoms with Crippen molar-refractivity contribution in [3.63, 3.8) is 0 Å². The molecule has 2 heteroatoms. The SMILES string of the molecule is C[C@H](CO)N[C@@H]1C[C@@H]2C[C@@H]1[C@H]1CCC[C@H]21. The summed E-state index contributed by atoms with van der Waals surface area (Å²) in [5.74, 6) is 4.08. The molecule has 0 saturated heterocycles. The minimum atomic E-state index is 0.280. The molecule has 3 saturated carbocycles. The minimum absolute atomic E-state index is 0.280. The lowest BCUT2D eigenvalue weighted by Crippen LogP contribution is -2.44. The monoisotopic (exact) mass is 209 g/mol. The van der Waals surface area contributed by atoms with Gasteiger partial charge in [-0.25, -0.2) is 0 Å². The molecular weight excluding hydrogens is 186 g/mol. The zero-order valence-electron chi connectivity index (χ0n) is 9.65. The number of hydrogen-bond acceptors (Lipinski definition) is 2. The number of aliphatic hydroxyl groups is 1. The average Bonchev–Trinajstić information content (AvgIpc) is 2.87. The van der Waals surface area contributed by atoms with Crippen molar-refractivity contribution in [3.8, 4) is 0 Å². The Hall–Kier alpha value is -0.0800. The molecule has 0 amide bonds. The van der Waals surface area contributed by atoms with Gasteiger partial charge in [-0.2, -0.15) is 0 Å². The molecule has 0 aromatic rings. The van der Waals surface area contributed by atoms with Crippen LogP contribution in [0.5, 0.6) is 0 Å². The van der Waals surface area contributed by atoms with Crippen molar-refractivity contribution >= 4 is 0 Å². The van der Waals surface area contributed by atoms with Crippen LogP contribution in [0.4, 0.5) is 0 Å². The van der Waals surface area contributed by atoms with Gasteiger partial charge in [0.15, 0.2) is 0 Å². The van der Waals surface area contributed by atoms with Gasteiger partial charge in [-0.15, -0.1) is 0 Å². The van der Waals surface area contributed by atoms with Gasteiger partial charge in [0, 0.05) is 12.1 Å². The third-order valence-corrected chi connectivity index (χ3v) is 5.20. The van der Waals surface area contributed by atoms with E-state index in [1.165, 1.54) is 32.1 Å². The summed E-state index contributed by atoms with van der Waals surface area (Å²) >= 11 is 0. The number of fused-ring (bicyclic) bond motifs is 5. The topological polar surface area (TPSA) is 32.3 Å². The van der Waals surface area contributed by atoms with Crippen LogP contribution >= 0.6 is 0 Å². The molecule has 3 aliphatic carbocycles. The standard InChI is InChI=1S/C13H23NO/c1-8(7-15)14-13-6-9-5-12(13)11-4-2-3-10(9)11/h8-15H,2-7H2,1H3/t8-,9+,10-,11+,12-,13-/m1/s1. The quantitative estimate of drug-likeness (QED) is 0.742. The highest BCUT2D eigenvalue weighted by molar-refractivity contribution is 5.05. The summed E-state index contributed by atoms with van der Waals surface area (Å²) in [5.41, 5.74) is 0. The van der Waals surface area contributed by atoms with E-state index >= 15 is 0 Å². The van der Waals surface area contributed by atoms with Crippen LogP contribution in [0, 0.1) is 23.7 Å². The van der Waals surface area contributed by atoms with Gasteiger partial charge in [-0.1, -0.05) is 6.42 Å². The Kier molecular flexibility index (Phi) is 2.52. The first-order valence-corrected chi connectivity index (χ1v) is 6.66. The van der Waals surface area contributed by atoms with Crippen molar-refractivity contribution in [3.05, 3.63) is 0 Å². The third-order valence-electron chi connectivity index (χ3n) is 5.20. The van der Waals surface area contributed by atoms with E-state index < -0.39 is 0 Å². The Morgan fingerprint density at radius 2 is 2.00 bits per heavy atom. The van der Waals surface area contributed by atoms with Gasteiger partial charge in [0.1, 0.15) is 0 Å². The molecule has 0 aromatic carbocycles. The van der Waals surface area contributed by atoms with Gasteiger partial charge in [0.05, 0.1) is 6.61 Å². The lowest BCUT2D eigenvalue weighted by atomic mass is 9.79. The second kappa shape index (κ2) is 3.74. The Balaban J connectivity index is 1.65. The Labute approximate surface area is 92.4 Å². The highest BCUT2D eigenvalue weighted by atomic mass is 16.3. The van der Waals surface area contributed by atoms with Crippen LogP contribution in [-0.4, -0.2) is 23.8 Å². The summed E-state index contributed by atoms with van der Waals surface area (Å²) in [7, 11) is 0. The third kappa shape index (κ3) is 1.53. The van der Waals surface area contributed by atoms with E-state index in [9.17, 15) is 0 Å². The van der Waals surface area contributed by atoms with E-state index in [0.29, 0.717) is 0 Å². The Bertz CT molecular complexity index is 243. The fourth-order valence-corrected chi connectivity index (χ4v) is 4.68. The van der Waals surface area contributed by atoms with Gasteiger partial charge < -0.3 is 10.4 Å². The molecule has 15 heavy (non-hydrogen) atoms. The highest BCUT2D eigenvalue weighted by Crippen LogP contribution is 2.58. The predicted octanol–water partition coefficient (Wildman–Crippen LogP) is 1.78. The van der Waals surface area contributed by atoms with E-state index in [1.807, 2.05) is 0 Å². The van der Waals surface area contributed by atoms with Crippen LogP contribution in [0.25, 0.3) is 0 Å². The fourth-order valence-electron chi connectivity index (χ4n) is 4.68. The van der Waals surface area contributed by atoms with Crippen LogP contribution in [-0.2, 0) is 0 Å². The summed E-state index contributed by atoms with van der Waals surface area (Å²) < 4.78 is 0. The number of aliphatic hydroxyl groups excluding tert-OH is 1. The van der Waals surface area contributed by atoms with Crippen LogP contribution < -0.4 is 5.32 Å². The average molecular weight is 209 g/mol. The molecule has 3 fully saturated rings. The summed E-state index contributed by atoms with van der Waals surface area (Å²) in [6.45, 7) is 2.38. The van der Waals surface area contributed by atoms with Crippen molar-refractivity contribution < 1.29 is 5.11 Å². The maximum Gasteiger partial charge on any atom is 0.0582 e. The molecule has 2 N–H and O–H groups in total. The van der Waals surface area contributed by atoms with Gasteiger partial charge in [-0.05, 0) is 56.3 Å². The number of rotatable bonds is 3. The smallest absolute Gasteiger partial charge is 0.0582 e. The summed E-state index contributed by atoms with van der Waals surface area (Å²) in [5, 5.41) is 12.7. The molecule has 6 atom stereocenters. The molecule has 2 nitrogen and oxygen atoms in total. The maximum absolute atomic E-state index is 9.09. The first kappa shape index (κ1) is 10.1. The van der Waals surface area contributed by atoms with Crippen molar-refractivity contribution in [1.82, 2.24) is 5.32 Å². The second-order valence-electron chi connectivity index (χ2n) is 6.01. The number of nitrogens with one attached hydrogen (secondary N) is 1. The van der Waals surface area contributed by atoms with Crippen molar-refractivity contribution in [2.75, 3.05) is 6.61 Å². The van der Waals surface area contributed by atoms with E-state index in [4.69, 9.17) is 5.11 Å². The van der Waals surface area contributed by atoms with E-state index in [1.54, 1.807) is 0 Å². The minimum Gasteiger partial charge on any atom is -0.395 e. The van der Waals surface area contributed by atoms with Crippen LogP contribution in [0.15, 0.2) is 0 Å². The van der Waals surface area contributed by atoms with Gasteiger partial charge in [-0.3, -0.25) is 0 Å². The van der Waals surface area contributed by atoms with E-state index in [2.05, 4.69) is 12.2 Å². The molecule has 0 heterocycles. The zero-order chi connectivity index (χ0) is 10.4. The highest BCUT2D eigenvalue weighted by Gasteiger charge is 2.53. The Morgan fingerprint density at radius 1 is 1.20 bits per heavy atom. The molecule has 86 valence electrons. The lowest BCUT2D eigenvalue weighted by molar-refractivity contribution is 0.176. The largest absolute Gasteiger partial charge is 0.395 e. The summed E-state index contributed by atoms with van der Waals surface area (Å²) in [6.07, 6.45) is 7.33. The maximum atomic E-state index is 9.09. The van der Waals surface area contributed by atoms with Gasteiger partial charge in [0.2, 0.25) is 0 Å². The zero-order valence-corrected chi connectivity index (χ0v) is 9.65. The first-order chi connectivity index (χ1) is 7.29.